The molecule has 2 nitrogen and oxygen atoms in total. The number of unbranched alkanes of at least 4 members (excludes halogenated alkanes) is 1. The minimum Gasteiger partial charge on any atom is -0.313 e. The average Bonchev–Trinajstić information content (AvgIpc) is 2.87. The van der Waals surface area contributed by atoms with Crippen molar-refractivity contribution in [2.45, 2.75) is 89.6 Å². The molecule has 1 aliphatic carbocycles. The van der Waals surface area contributed by atoms with E-state index >= 15 is 0 Å². The molecule has 1 atom stereocenters. The second-order valence-corrected chi connectivity index (χ2v) is 6.64. The molecule has 0 aromatic heterocycles. The Morgan fingerprint density at radius 2 is 1.68 bits per heavy atom. The van der Waals surface area contributed by atoms with Crippen molar-refractivity contribution in [2.75, 3.05) is 19.6 Å². The summed E-state index contributed by atoms with van der Waals surface area (Å²) < 4.78 is 0. The van der Waals surface area contributed by atoms with Gasteiger partial charge in [-0.15, -0.1) is 0 Å². The molecule has 1 unspecified atom stereocenters. The van der Waals surface area contributed by atoms with E-state index in [1.54, 1.807) is 0 Å². The van der Waals surface area contributed by atoms with E-state index in [1.165, 1.54) is 90.3 Å². The maximum Gasteiger partial charge on any atom is 0.0195 e. The summed E-state index contributed by atoms with van der Waals surface area (Å²) >= 11 is 0. The average molecular weight is 266 g/mol. The summed E-state index contributed by atoms with van der Waals surface area (Å²) in [6.45, 7) is 6.21. The van der Waals surface area contributed by atoms with Crippen molar-refractivity contribution in [3.05, 3.63) is 0 Å². The molecular formula is C17H34N2. The summed E-state index contributed by atoms with van der Waals surface area (Å²) in [4.78, 5) is 2.85. The quantitative estimate of drug-likeness (QED) is 0.783. The van der Waals surface area contributed by atoms with Gasteiger partial charge < -0.3 is 5.32 Å². The van der Waals surface area contributed by atoms with E-state index < -0.39 is 0 Å². The first-order chi connectivity index (χ1) is 9.40. The molecule has 112 valence electrons. The fraction of sp³-hybridized carbons (Fsp3) is 1.00. The molecule has 2 aliphatic rings. The monoisotopic (exact) mass is 266 g/mol. The predicted octanol–water partition coefficient (Wildman–Crippen LogP) is 3.95. The number of hydrogen-bond acceptors (Lipinski definition) is 2. The van der Waals surface area contributed by atoms with Gasteiger partial charge in [0, 0.05) is 18.6 Å². The van der Waals surface area contributed by atoms with Gasteiger partial charge in [-0.3, -0.25) is 4.90 Å². The van der Waals surface area contributed by atoms with Crippen LogP contribution in [0.5, 0.6) is 0 Å². The fourth-order valence-corrected chi connectivity index (χ4v) is 3.78. The van der Waals surface area contributed by atoms with Crippen LogP contribution in [-0.4, -0.2) is 36.6 Å². The summed E-state index contributed by atoms with van der Waals surface area (Å²) in [5.74, 6) is 0. The Labute approximate surface area is 120 Å². The molecule has 0 radical (unpaired) electrons. The zero-order valence-corrected chi connectivity index (χ0v) is 13.0. The van der Waals surface area contributed by atoms with Gasteiger partial charge in [0.2, 0.25) is 0 Å². The van der Waals surface area contributed by atoms with Crippen LogP contribution in [0.15, 0.2) is 0 Å². The molecule has 2 rings (SSSR count). The first kappa shape index (κ1) is 15.3. The third kappa shape index (κ3) is 5.43. The second-order valence-electron chi connectivity index (χ2n) is 6.64. The highest BCUT2D eigenvalue weighted by atomic mass is 15.2. The van der Waals surface area contributed by atoms with Crippen LogP contribution in [0.4, 0.5) is 0 Å². The Bertz CT molecular complexity index is 215. The van der Waals surface area contributed by atoms with Crippen molar-refractivity contribution in [3.63, 3.8) is 0 Å². The van der Waals surface area contributed by atoms with Gasteiger partial charge in [0.05, 0.1) is 0 Å². The van der Waals surface area contributed by atoms with Crippen molar-refractivity contribution in [1.29, 1.82) is 0 Å². The molecule has 2 fully saturated rings. The van der Waals surface area contributed by atoms with Gasteiger partial charge in [-0.25, -0.2) is 0 Å². The maximum absolute atomic E-state index is 3.69. The first-order valence-corrected chi connectivity index (χ1v) is 8.87. The molecule has 19 heavy (non-hydrogen) atoms. The van der Waals surface area contributed by atoms with Crippen LogP contribution in [0.1, 0.15) is 77.6 Å². The summed E-state index contributed by atoms with van der Waals surface area (Å²) in [6, 6.07) is 1.66. The van der Waals surface area contributed by atoms with E-state index in [9.17, 15) is 0 Å². The van der Waals surface area contributed by atoms with Gasteiger partial charge in [0.15, 0.2) is 0 Å². The van der Waals surface area contributed by atoms with E-state index in [0.717, 1.165) is 12.1 Å². The Kier molecular flexibility index (Phi) is 7.23. The van der Waals surface area contributed by atoms with Crippen molar-refractivity contribution in [3.8, 4) is 0 Å². The van der Waals surface area contributed by atoms with Crippen LogP contribution in [0, 0.1) is 0 Å². The second kappa shape index (κ2) is 8.97. The lowest BCUT2D eigenvalue weighted by Crippen LogP contribution is -2.44. The Morgan fingerprint density at radius 1 is 0.947 bits per heavy atom. The zero-order chi connectivity index (χ0) is 13.3. The Morgan fingerprint density at radius 3 is 2.32 bits per heavy atom. The van der Waals surface area contributed by atoms with Gasteiger partial charge in [-0.2, -0.15) is 0 Å². The topological polar surface area (TPSA) is 15.3 Å². The van der Waals surface area contributed by atoms with Crippen LogP contribution in [0.3, 0.4) is 0 Å². The molecule has 1 saturated heterocycles. The fourth-order valence-electron chi connectivity index (χ4n) is 3.78. The smallest absolute Gasteiger partial charge is 0.0195 e. The predicted molar refractivity (Wildman–Crippen MR) is 83.6 cm³/mol. The summed E-state index contributed by atoms with van der Waals surface area (Å²) in [5, 5.41) is 3.69. The Hall–Kier alpha value is -0.0800. The normalized spacial score (nSPS) is 26.5. The van der Waals surface area contributed by atoms with E-state index in [2.05, 4.69) is 17.1 Å². The van der Waals surface area contributed by atoms with Crippen LogP contribution < -0.4 is 5.32 Å². The number of nitrogens with zero attached hydrogens (tertiary/aromatic N) is 1. The molecule has 1 aliphatic heterocycles. The van der Waals surface area contributed by atoms with Crippen molar-refractivity contribution >= 4 is 0 Å². The van der Waals surface area contributed by atoms with Gasteiger partial charge in [-0.05, 0) is 45.2 Å². The minimum absolute atomic E-state index is 0.780. The lowest BCUT2D eigenvalue weighted by atomic mass is 9.95. The lowest BCUT2D eigenvalue weighted by molar-refractivity contribution is 0.150. The molecule has 1 heterocycles. The molecule has 1 N–H and O–H groups in total. The van der Waals surface area contributed by atoms with Crippen LogP contribution in [0.2, 0.25) is 0 Å². The van der Waals surface area contributed by atoms with Gasteiger partial charge in [0.1, 0.15) is 0 Å². The molecule has 2 heteroatoms. The number of rotatable bonds is 6. The molecule has 0 aromatic rings. The van der Waals surface area contributed by atoms with E-state index in [4.69, 9.17) is 0 Å². The zero-order valence-electron chi connectivity index (χ0n) is 13.0. The number of nitrogens with one attached hydrogen (secondary N) is 1. The van der Waals surface area contributed by atoms with Crippen LogP contribution in [0.25, 0.3) is 0 Å². The highest BCUT2D eigenvalue weighted by molar-refractivity contribution is 4.82. The van der Waals surface area contributed by atoms with Gasteiger partial charge >= 0.3 is 0 Å². The summed E-state index contributed by atoms with van der Waals surface area (Å²) in [7, 11) is 0. The van der Waals surface area contributed by atoms with Crippen LogP contribution in [-0.2, 0) is 0 Å². The van der Waals surface area contributed by atoms with E-state index in [0.29, 0.717) is 0 Å². The lowest BCUT2D eigenvalue weighted by Gasteiger charge is -2.35. The third-order valence-corrected chi connectivity index (χ3v) is 5.01. The van der Waals surface area contributed by atoms with Crippen molar-refractivity contribution < 1.29 is 0 Å². The van der Waals surface area contributed by atoms with Crippen molar-refractivity contribution in [1.82, 2.24) is 10.2 Å². The molecule has 0 amide bonds. The number of hydrogen-bond donors (Lipinski definition) is 1. The van der Waals surface area contributed by atoms with Gasteiger partial charge in [0.25, 0.3) is 0 Å². The van der Waals surface area contributed by atoms with Crippen molar-refractivity contribution in [2.24, 2.45) is 0 Å². The first-order valence-electron chi connectivity index (χ1n) is 8.87. The highest BCUT2D eigenvalue weighted by Gasteiger charge is 2.23. The summed E-state index contributed by atoms with van der Waals surface area (Å²) in [6.07, 6.45) is 15.8. The minimum atomic E-state index is 0.780. The third-order valence-electron chi connectivity index (χ3n) is 5.01. The summed E-state index contributed by atoms with van der Waals surface area (Å²) in [5.41, 5.74) is 0. The SMILES string of the molecule is CCCCN(CC1CCCN1)C1CCCCCCC1. The molecular weight excluding hydrogens is 232 g/mol. The molecule has 0 spiro atoms. The molecule has 0 aromatic carbocycles. The largest absolute Gasteiger partial charge is 0.313 e. The standard InChI is InChI=1S/C17H34N2/c1-2-3-14-19(15-16-10-9-13-18-16)17-11-7-5-4-6-8-12-17/h16-18H,2-15H2,1H3. The Balaban J connectivity index is 1.85. The highest BCUT2D eigenvalue weighted by Crippen LogP contribution is 2.23. The maximum atomic E-state index is 3.69. The van der Waals surface area contributed by atoms with E-state index in [1.807, 2.05) is 0 Å². The molecule has 0 bridgehead atoms. The van der Waals surface area contributed by atoms with Crippen LogP contribution >= 0.6 is 0 Å². The van der Waals surface area contributed by atoms with E-state index in [-0.39, 0.29) is 0 Å². The van der Waals surface area contributed by atoms with Gasteiger partial charge in [-0.1, -0.05) is 45.4 Å². The molecule has 1 saturated carbocycles.